The lowest BCUT2D eigenvalue weighted by molar-refractivity contribution is -0.165. The fourth-order valence-electron chi connectivity index (χ4n) is 0.753. The van der Waals surface area contributed by atoms with Crippen LogP contribution in [0.15, 0.2) is 9.98 Å². The number of amides is 1. The lowest BCUT2D eigenvalue weighted by atomic mass is 10.1. The maximum atomic E-state index is 12.1. The largest absolute Gasteiger partial charge is 0.407 e. The average molecular weight is 214 g/mol. The van der Waals surface area contributed by atoms with Crippen LogP contribution in [-0.2, 0) is 4.79 Å². The molecular weight excluding hydrogens is 211 g/mol. The summed E-state index contributed by atoms with van der Waals surface area (Å²) < 4.78 is 36.2. The highest BCUT2D eigenvalue weighted by Crippen LogP contribution is 2.31. The monoisotopic (exact) mass is 213 g/mol. The molecule has 0 aromatic carbocycles. The predicted octanol–water partition coefficient (Wildman–Crippen LogP) is 0.657. The van der Waals surface area contributed by atoms with Gasteiger partial charge in [-0.1, -0.05) is 11.6 Å². The molecule has 0 aliphatic carbocycles. The van der Waals surface area contributed by atoms with E-state index < -0.39 is 29.1 Å². The van der Waals surface area contributed by atoms with Crippen LogP contribution in [0.2, 0.25) is 0 Å². The molecule has 8 heteroatoms. The van der Waals surface area contributed by atoms with Crippen molar-refractivity contribution in [1.29, 1.82) is 0 Å². The molecule has 0 radical (unpaired) electrons. The highest BCUT2D eigenvalue weighted by Gasteiger charge is 2.49. The van der Waals surface area contributed by atoms with E-state index in [0.717, 1.165) is 0 Å². The highest BCUT2D eigenvalue weighted by atomic mass is 35.5. The van der Waals surface area contributed by atoms with Crippen molar-refractivity contribution in [2.75, 3.05) is 0 Å². The zero-order valence-corrected chi connectivity index (χ0v) is 6.73. The lowest BCUT2D eigenvalue weighted by Crippen LogP contribution is -2.38. The topological polar surface area (TPSA) is 67.8 Å². The fourth-order valence-corrected chi connectivity index (χ4v) is 1.06. The van der Waals surface area contributed by atoms with E-state index in [0.29, 0.717) is 0 Å². The van der Waals surface area contributed by atoms with Gasteiger partial charge in [0.25, 0.3) is 5.91 Å². The van der Waals surface area contributed by atoms with Gasteiger partial charge in [-0.25, -0.2) is 4.99 Å². The third-order valence-corrected chi connectivity index (χ3v) is 1.56. The number of rotatable bonds is 0. The predicted molar refractivity (Wildman–Crippen MR) is 39.5 cm³/mol. The highest BCUT2D eigenvalue weighted by molar-refractivity contribution is 6.68. The summed E-state index contributed by atoms with van der Waals surface area (Å²) >= 11 is 5.11. The van der Waals surface area contributed by atoms with Gasteiger partial charge in [-0.15, -0.1) is 0 Å². The molecule has 0 fully saturated rings. The molecule has 1 rings (SSSR count). The van der Waals surface area contributed by atoms with Crippen molar-refractivity contribution in [2.45, 2.75) is 6.18 Å². The number of nitrogens with two attached hydrogens (primary N) is 1. The van der Waals surface area contributed by atoms with Gasteiger partial charge >= 0.3 is 6.18 Å². The first-order valence-corrected chi connectivity index (χ1v) is 3.39. The Kier molecular flexibility index (Phi) is 2.29. The van der Waals surface area contributed by atoms with Crippen molar-refractivity contribution in [2.24, 2.45) is 21.6 Å². The molecular formula is C5H3ClF3N3O. The number of alkyl halides is 3. The number of aliphatic imine (C=N–C) groups is 2. The van der Waals surface area contributed by atoms with Crippen molar-refractivity contribution in [1.82, 2.24) is 0 Å². The Bertz CT molecular complexity index is 309. The molecule has 1 aliphatic rings. The number of carbonyl (C=O) groups is 1. The number of guanidine groups is 1. The van der Waals surface area contributed by atoms with E-state index in [1.807, 2.05) is 0 Å². The first-order chi connectivity index (χ1) is 5.82. The molecule has 4 nitrogen and oxygen atoms in total. The summed E-state index contributed by atoms with van der Waals surface area (Å²) in [4.78, 5) is 16.6. The van der Waals surface area contributed by atoms with E-state index in [2.05, 4.69) is 9.98 Å². The van der Waals surface area contributed by atoms with Gasteiger partial charge in [-0.3, -0.25) is 4.79 Å². The molecule has 0 saturated carbocycles. The smallest absolute Gasteiger partial charge is 0.368 e. The Morgan fingerprint density at radius 1 is 1.38 bits per heavy atom. The molecule has 0 bridgehead atoms. The first kappa shape index (κ1) is 9.97. The summed E-state index contributed by atoms with van der Waals surface area (Å²) in [6.07, 6.45) is -4.78. The van der Waals surface area contributed by atoms with E-state index in [-0.39, 0.29) is 0 Å². The van der Waals surface area contributed by atoms with E-state index in [1.165, 1.54) is 0 Å². The van der Waals surface area contributed by atoms with E-state index in [4.69, 9.17) is 17.3 Å². The molecule has 1 unspecified atom stereocenters. The SMILES string of the molecule is NC1=NC(=O)C(C(F)(F)F)C(Cl)=N1. The standard InChI is InChI=1S/C5H3ClF3N3O/c6-2-1(5(7,8)9)3(13)12-4(10)11-2/h1H,(H2,10,12,13). The van der Waals surface area contributed by atoms with E-state index >= 15 is 0 Å². The Morgan fingerprint density at radius 2 is 1.92 bits per heavy atom. The Labute approximate surface area is 75.3 Å². The quantitative estimate of drug-likeness (QED) is 0.642. The number of halogens is 4. The summed E-state index contributed by atoms with van der Waals surface area (Å²) in [6.45, 7) is 0. The van der Waals surface area contributed by atoms with Crippen LogP contribution in [0.4, 0.5) is 13.2 Å². The first-order valence-electron chi connectivity index (χ1n) is 3.01. The molecule has 1 atom stereocenters. The molecule has 72 valence electrons. The molecule has 0 aromatic heterocycles. The third kappa shape index (κ3) is 1.97. The van der Waals surface area contributed by atoms with E-state index in [1.54, 1.807) is 0 Å². The summed E-state index contributed by atoms with van der Waals surface area (Å²) in [7, 11) is 0. The third-order valence-electron chi connectivity index (χ3n) is 1.26. The molecule has 13 heavy (non-hydrogen) atoms. The van der Waals surface area contributed by atoms with Gasteiger partial charge in [-0.2, -0.15) is 18.2 Å². The molecule has 0 spiro atoms. The lowest BCUT2D eigenvalue weighted by Gasteiger charge is -2.17. The second-order valence-electron chi connectivity index (χ2n) is 2.22. The molecule has 1 heterocycles. The van der Waals surface area contributed by atoms with Crippen molar-refractivity contribution in [3.8, 4) is 0 Å². The zero-order valence-electron chi connectivity index (χ0n) is 5.97. The maximum absolute atomic E-state index is 12.1. The molecule has 0 saturated heterocycles. The second kappa shape index (κ2) is 2.99. The summed E-state index contributed by atoms with van der Waals surface area (Å²) in [5.74, 6) is -4.47. The molecule has 1 aliphatic heterocycles. The van der Waals surface area contributed by atoms with Gasteiger partial charge < -0.3 is 5.73 Å². The molecule has 0 aromatic rings. The Hall–Kier alpha value is -1.11. The zero-order chi connectivity index (χ0) is 10.2. The van der Waals surface area contributed by atoms with Gasteiger partial charge in [0.05, 0.1) is 0 Å². The van der Waals surface area contributed by atoms with Crippen molar-refractivity contribution in [3.05, 3.63) is 0 Å². The van der Waals surface area contributed by atoms with Crippen LogP contribution in [-0.4, -0.2) is 23.2 Å². The van der Waals surface area contributed by atoms with Crippen molar-refractivity contribution < 1.29 is 18.0 Å². The summed E-state index contributed by atoms with van der Waals surface area (Å²) in [5.41, 5.74) is 4.91. The van der Waals surface area contributed by atoms with Crippen LogP contribution >= 0.6 is 11.6 Å². The minimum atomic E-state index is -4.78. The maximum Gasteiger partial charge on any atom is 0.407 e. The summed E-state index contributed by atoms with van der Waals surface area (Å²) in [6, 6.07) is 0. The molecule has 1 amide bonds. The second-order valence-corrected chi connectivity index (χ2v) is 2.60. The Morgan fingerprint density at radius 3 is 2.31 bits per heavy atom. The number of hydrogen-bond donors (Lipinski definition) is 1. The van der Waals surface area contributed by atoms with Gasteiger partial charge in [-0.05, 0) is 0 Å². The van der Waals surface area contributed by atoms with Crippen LogP contribution in [0.5, 0.6) is 0 Å². The van der Waals surface area contributed by atoms with Crippen LogP contribution in [0.1, 0.15) is 0 Å². The minimum absolute atomic E-state index is 0.560. The normalized spacial score (nSPS) is 24.0. The number of nitrogens with zero attached hydrogens (tertiary/aromatic N) is 2. The average Bonchev–Trinajstić information content (AvgIpc) is 1.78. The Balaban J connectivity index is 3.05. The van der Waals surface area contributed by atoms with Crippen LogP contribution in [0.25, 0.3) is 0 Å². The van der Waals surface area contributed by atoms with Gasteiger partial charge in [0.1, 0.15) is 5.17 Å². The fraction of sp³-hybridized carbons (Fsp3) is 0.400. The number of carbonyl (C=O) groups excluding carboxylic acids is 1. The van der Waals surface area contributed by atoms with E-state index in [9.17, 15) is 18.0 Å². The van der Waals surface area contributed by atoms with Gasteiger partial charge in [0, 0.05) is 0 Å². The van der Waals surface area contributed by atoms with Gasteiger partial charge in [0.2, 0.25) is 5.96 Å². The minimum Gasteiger partial charge on any atom is -0.368 e. The number of hydrogen-bond acceptors (Lipinski definition) is 3. The molecule has 2 N–H and O–H groups in total. The van der Waals surface area contributed by atoms with Crippen LogP contribution < -0.4 is 5.73 Å². The van der Waals surface area contributed by atoms with Crippen LogP contribution in [0.3, 0.4) is 0 Å². The van der Waals surface area contributed by atoms with Crippen molar-refractivity contribution in [3.63, 3.8) is 0 Å². The summed E-state index contributed by atoms with van der Waals surface area (Å²) in [5, 5.41) is -0.898. The van der Waals surface area contributed by atoms with Crippen molar-refractivity contribution >= 4 is 28.6 Å². The van der Waals surface area contributed by atoms with Crippen LogP contribution in [0, 0.1) is 5.92 Å². The van der Waals surface area contributed by atoms with Gasteiger partial charge in [0.15, 0.2) is 5.92 Å².